The minimum Gasteiger partial charge on any atom is -0.326 e. The van der Waals surface area contributed by atoms with Gasteiger partial charge in [-0.15, -0.1) is 0 Å². The fourth-order valence-electron chi connectivity index (χ4n) is 3.83. The lowest BCUT2D eigenvalue weighted by Gasteiger charge is -2.36. The van der Waals surface area contributed by atoms with Crippen LogP contribution in [0.2, 0.25) is 0 Å². The van der Waals surface area contributed by atoms with Crippen molar-refractivity contribution in [3.05, 3.63) is 59.7 Å². The monoisotopic (exact) mass is 421 g/mol. The number of rotatable bonds is 6. The first-order valence-electron chi connectivity index (χ1n) is 11.2. The minimum atomic E-state index is -0.0710. The summed E-state index contributed by atoms with van der Waals surface area (Å²) in [4.78, 5) is 29.2. The molecule has 31 heavy (non-hydrogen) atoms. The molecule has 3 amide bonds. The van der Waals surface area contributed by atoms with Crippen LogP contribution < -0.4 is 10.2 Å². The third-order valence-corrected chi connectivity index (χ3v) is 5.46. The molecule has 0 atom stereocenters. The molecule has 1 N–H and O–H groups in total. The summed E-state index contributed by atoms with van der Waals surface area (Å²) in [6, 6.07) is 16.1. The second-order valence-corrected chi connectivity index (χ2v) is 9.94. The molecule has 0 aliphatic carbocycles. The van der Waals surface area contributed by atoms with Crippen LogP contribution in [0.1, 0.15) is 64.5 Å². The number of hydrogen-bond acceptors (Lipinski definition) is 2. The van der Waals surface area contributed by atoms with Crippen LogP contribution in [0.5, 0.6) is 0 Å². The van der Waals surface area contributed by atoms with Crippen LogP contribution >= 0.6 is 0 Å². The van der Waals surface area contributed by atoms with E-state index in [-0.39, 0.29) is 17.4 Å². The van der Waals surface area contributed by atoms with Crippen LogP contribution in [-0.2, 0) is 11.3 Å². The van der Waals surface area contributed by atoms with E-state index in [9.17, 15) is 9.59 Å². The number of urea groups is 1. The van der Waals surface area contributed by atoms with Gasteiger partial charge in [0.05, 0.1) is 0 Å². The molecule has 2 aromatic carbocycles. The SMILES string of the molecule is CC(C)c1ccc(CN2CCCN(c3cccc(NC(=O)CC(C)(C)C)c3)C2=O)cc1. The molecular formula is C26H35N3O2. The van der Waals surface area contributed by atoms with E-state index in [1.54, 1.807) is 0 Å². The van der Waals surface area contributed by atoms with Gasteiger partial charge in [0.1, 0.15) is 0 Å². The highest BCUT2D eigenvalue weighted by Crippen LogP contribution is 2.26. The highest BCUT2D eigenvalue weighted by atomic mass is 16.2. The molecule has 1 saturated heterocycles. The fraction of sp³-hybridized carbons (Fsp3) is 0.462. The van der Waals surface area contributed by atoms with Crippen LogP contribution in [-0.4, -0.2) is 29.9 Å². The molecule has 0 saturated carbocycles. The molecule has 0 radical (unpaired) electrons. The molecule has 166 valence electrons. The summed E-state index contributed by atoms with van der Waals surface area (Å²) in [5, 5.41) is 2.97. The number of hydrogen-bond donors (Lipinski definition) is 1. The van der Waals surface area contributed by atoms with Gasteiger partial charge in [-0.1, -0.05) is 65.0 Å². The van der Waals surface area contributed by atoms with Crippen molar-refractivity contribution in [2.24, 2.45) is 5.41 Å². The van der Waals surface area contributed by atoms with Crippen molar-refractivity contribution in [1.82, 2.24) is 4.90 Å². The lowest BCUT2D eigenvalue weighted by Crippen LogP contribution is -2.49. The summed E-state index contributed by atoms with van der Waals surface area (Å²) < 4.78 is 0. The van der Waals surface area contributed by atoms with Crippen molar-refractivity contribution >= 4 is 23.3 Å². The third-order valence-electron chi connectivity index (χ3n) is 5.46. The number of nitrogens with one attached hydrogen (secondary N) is 1. The molecule has 1 heterocycles. The van der Waals surface area contributed by atoms with Crippen molar-refractivity contribution in [2.45, 2.75) is 59.9 Å². The maximum Gasteiger partial charge on any atom is 0.324 e. The normalized spacial score (nSPS) is 14.8. The van der Waals surface area contributed by atoms with Crippen LogP contribution in [0, 0.1) is 5.41 Å². The maximum absolute atomic E-state index is 13.2. The van der Waals surface area contributed by atoms with E-state index in [1.807, 2.05) is 54.8 Å². The Hall–Kier alpha value is -2.82. The number of nitrogens with zero attached hydrogens (tertiary/aromatic N) is 2. The van der Waals surface area contributed by atoms with E-state index in [2.05, 4.69) is 43.4 Å². The van der Waals surface area contributed by atoms with E-state index >= 15 is 0 Å². The quantitative estimate of drug-likeness (QED) is 0.620. The topological polar surface area (TPSA) is 52.6 Å². The van der Waals surface area contributed by atoms with E-state index < -0.39 is 0 Å². The molecule has 0 unspecified atom stereocenters. The van der Waals surface area contributed by atoms with Gasteiger partial charge in [0.2, 0.25) is 5.91 Å². The molecule has 5 heteroatoms. The first kappa shape index (κ1) is 22.9. The summed E-state index contributed by atoms with van der Waals surface area (Å²) in [5.41, 5.74) is 3.92. The Morgan fingerprint density at radius 1 is 1.06 bits per heavy atom. The second-order valence-electron chi connectivity index (χ2n) is 9.94. The van der Waals surface area contributed by atoms with Gasteiger partial charge in [0.25, 0.3) is 0 Å². The standard InChI is InChI=1S/C26H35N3O2/c1-19(2)21-12-10-20(11-13-21)18-28-14-7-15-29(25(28)31)23-9-6-8-22(16-23)27-24(30)17-26(3,4)5/h6,8-13,16,19H,7,14-15,17-18H2,1-5H3,(H,27,30). The number of amides is 3. The zero-order chi connectivity index (χ0) is 22.6. The van der Waals surface area contributed by atoms with Gasteiger partial charge in [-0.3, -0.25) is 9.69 Å². The van der Waals surface area contributed by atoms with Crippen molar-refractivity contribution in [2.75, 3.05) is 23.3 Å². The maximum atomic E-state index is 13.2. The van der Waals surface area contributed by atoms with Crippen LogP contribution in [0.15, 0.2) is 48.5 Å². The summed E-state index contributed by atoms with van der Waals surface area (Å²) in [5.74, 6) is 0.485. The first-order chi connectivity index (χ1) is 14.6. The van der Waals surface area contributed by atoms with E-state index in [4.69, 9.17) is 0 Å². The zero-order valence-corrected chi connectivity index (χ0v) is 19.4. The molecule has 1 aliphatic heterocycles. The Morgan fingerprint density at radius 2 is 1.77 bits per heavy atom. The Bertz CT molecular complexity index is 913. The van der Waals surface area contributed by atoms with Crippen LogP contribution in [0.3, 0.4) is 0 Å². The highest BCUT2D eigenvalue weighted by Gasteiger charge is 2.27. The number of benzene rings is 2. The van der Waals surface area contributed by atoms with Crippen molar-refractivity contribution in [3.63, 3.8) is 0 Å². The average Bonchev–Trinajstić information content (AvgIpc) is 2.68. The fourth-order valence-corrected chi connectivity index (χ4v) is 3.83. The molecule has 5 nitrogen and oxygen atoms in total. The lowest BCUT2D eigenvalue weighted by atomic mass is 9.92. The van der Waals surface area contributed by atoms with Crippen molar-refractivity contribution in [1.29, 1.82) is 0 Å². The van der Waals surface area contributed by atoms with Gasteiger partial charge in [-0.2, -0.15) is 0 Å². The molecule has 2 aromatic rings. The third kappa shape index (κ3) is 6.33. The predicted molar refractivity (Wildman–Crippen MR) is 127 cm³/mol. The molecule has 0 spiro atoms. The molecule has 1 fully saturated rings. The number of carbonyl (C=O) groups is 2. The van der Waals surface area contributed by atoms with E-state index in [0.29, 0.717) is 25.4 Å². The van der Waals surface area contributed by atoms with Gasteiger partial charge < -0.3 is 10.2 Å². The number of anilines is 2. The average molecular weight is 422 g/mol. The lowest BCUT2D eigenvalue weighted by molar-refractivity contribution is -0.117. The minimum absolute atomic E-state index is 0.0114. The Labute approximate surface area is 186 Å². The smallest absolute Gasteiger partial charge is 0.324 e. The molecular weight excluding hydrogens is 386 g/mol. The zero-order valence-electron chi connectivity index (χ0n) is 19.4. The molecule has 3 rings (SSSR count). The molecule has 0 bridgehead atoms. The van der Waals surface area contributed by atoms with Crippen LogP contribution in [0.4, 0.5) is 16.2 Å². The van der Waals surface area contributed by atoms with E-state index in [1.165, 1.54) is 5.56 Å². The summed E-state index contributed by atoms with van der Waals surface area (Å²) in [6.45, 7) is 12.5. The second kappa shape index (κ2) is 9.54. The Balaban J connectivity index is 1.68. The molecule has 0 aromatic heterocycles. The van der Waals surface area contributed by atoms with Crippen molar-refractivity contribution < 1.29 is 9.59 Å². The largest absolute Gasteiger partial charge is 0.326 e. The van der Waals surface area contributed by atoms with Crippen molar-refractivity contribution in [3.8, 4) is 0 Å². The van der Waals surface area contributed by atoms with Gasteiger partial charge in [0, 0.05) is 37.4 Å². The van der Waals surface area contributed by atoms with Crippen LogP contribution in [0.25, 0.3) is 0 Å². The highest BCUT2D eigenvalue weighted by molar-refractivity contribution is 5.95. The van der Waals surface area contributed by atoms with Gasteiger partial charge >= 0.3 is 6.03 Å². The summed E-state index contributed by atoms with van der Waals surface area (Å²) in [6.07, 6.45) is 1.36. The first-order valence-corrected chi connectivity index (χ1v) is 11.2. The van der Waals surface area contributed by atoms with Gasteiger partial charge in [-0.25, -0.2) is 4.79 Å². The predicted octanol–water partition coefficient (Wildman–Crippen LogP) is 6.02. The van der Waals surface area contributed by atoms with Gasteiger partial charge in [0.15, 0.2) is 0 Å². The molecule has 1 aliphatic rings. The Morgan fingerprint density at radius 3 is 2.42 bits per heavy atom. The number of carbonyl (C=O) groups excluding carboxylic acids is 2. The van der Waals surface area contributed by atoms with E-state index in [0.717, 1.165) is 29.9 Å². The summed E-state index contributed by atoms with van der Waals surface area (Å²) >= 11 is 0. The van der Waals surface area contributed by atoms with Gasteiger partial charge in [-0.05, 0) is 47.1 Å². The summed E-state index contributed by atoms with van der Waals surface area (Å²) in [7, 11) is 0. The Kier molecular flexibility index (Phi) is 7.04.